The average Bonchev–Trinajstić information content (AvgIpc) is 2.62. The minimum atomic E-state index is 0.0113. The van der Waals surface area contributed by atoms with Crippen LogP contribution in [0.3, 0.4) is 0 Å². The van der Waals surface area contributed by atoms with E-state index in [4.69, 9.17) is 9.47 Å². The van der Waals surface area contributed by atoms with E-state index in [9.17, 15) is 0 Å². The van der Waals surface area contributed by atoms with E-state index in [0.717, 1.165) is 12.2 Å². The van der Waals surface area contributed by atoms with Crippen molar-refractivity contribution < 1.29 is 9.47 Å². The zero-order valence-corrected chi connectivity index (χ0v) is 12.3. The number of ether oxygens (including phenoxy) is 2. The van der Waals surface area contributed by atoms with Crippen LogP contribution in [-0.2, 0) is 11.2 Å². The molecule has 110 valence electrons. The highest BCUT2D eigenvalue weighted by Crippen LogP contribution is 2.41. The Hall–Kier alpha value is -2.48. The Morgan fingerprint density at radius 3 is 2.50 bits per heavy atom. The van der Waals surface area contributed by atoms with Gasteiger partial charge in [0.2, 0.25) is 0 Å². The van der Waals surface area contributed by atoms with Gasteiger partial charge in [0.05, 0.1) is 6.26 Å². The molecule has 3 unspecified atom stereocenters. The van der Waals surface area contributed by atoms with Gasteiger partial charge in [0.15, 0.2) is 0 Å². The van der Waals surface area contributed by atoms with Crippen molar-refractivity contribution in [1.82, 2.24) is 0 Å². The lowest BCUT2D eigenvalue weighted by atomic mass is 9.82. The number of benzene rings is 2. The van der Waals surface area contributed by atoms with Crippen LogP contribution in [0.25, 0.3) is 0 Å². The summed E-state index contributed by atoms with van der Waals surface area (Å²) in [6.45, 7) is 0. The molecule has 0 radical (unpaired) electrons. The van der Waals surface area contributed by atoms with E-state index in [-0.39, 0.29) is 18.1 Å². The van der Waals surface area contributed by atoms with Gasteiger partial charge in [-0.15, -0.1) is 0 Å². The zero-order valence-electron chi connectivity index (χ0n) is 12.3. The molecular weight excluding hydrogens is 272 g/mol. The highest BCUT2D eigenvalue weighted by molar-refractivity contribution is 5.38. The summed E-state index contributed by atoms with van der Waals surface area (Å²) in [5.41, 5.74) is 2.46. The molecule has 2 heteroatoms. The van der Waals surface area contributed by atoms with E-state index in [1.54, 1.807) is 6.26 Å². The third kappa shape index (κ3) is 2.41. The molecule has 0 amide bonds. The lowest BCUT2D eigenvalue weighted by Crippen LogP contribution is -2.35. The average molecular weight is 290 g/mol. The standard InChI is InChI=1S/C20H18O2/c1-2-8-15(9-3-1)20-17(19-12-6-7-13-21-19)14-16-10-4-5-11-18(16)22-20/h1-13,17,19-20H,14H2. The van der Waals surface area contributed by atoms with Gasteiger partial charge in [0.25, 0.3) is 0 Å². The molecule has 22 heavy (non-hydrogen) atoms. The summed E-state index contributed by atoms with van der Waals surface area (Å²) < 4.78 is 12.2. The van der Waals surface area contributed by atoms with Gasteiger partial charge in [-0.2, -0.15) is 0 Å². The predicted octanol–water partition coefficient (Wildman–Crippen LogP) is 4.45. The van der Waals surface area contributed by atoms with Gasteiger partial charge < -0.3 is 9.47 Å². The second-order valence-corrected chi connectivity index (χ2v) is 5.74. The summed E-state index contributed by atoms with van der Waals surface area (Å²) in [5.74, 6) is 1.25. The number of para-hydroxylation sites is 1. The van der Waals surface area contributed by atoms with Crippen molar-refractivity contribution >= 4 is 0 Å². The minimum Gasteiger partial charge on any atom is -0.493 e. The highest BCUT2D eigenvalue weighted by Gasteiger charge is 2.36. The molecule has 0 saturated heterocycles. The quantitative estimate of drug-likeness (QED) is 0.813. The zero-order chi connectivity index (χ0) is 14.8. The van der Waals surface area contributed by atoms with E-state index < -0.39 is 0 Å². The van der Waals surface area contributed by atoms with Crippen molar-refractivity contribution in [1.29, 1.82) is 0 Å². The molecule has 0 fully saturated rings. The van der Waals surface area contributed by atoms with Crippen molar-refractivity contribution in [3.8, 4) is 5.75 Å². The fourth-order valence-electron chi connectivity index (χ4n) is 3.26. The Kier molecular flexibility index (Phi) is 3.43. The molecule has 2 aliphatic heterocycles. The molecule has 2 aliphatic rings. The monoisotopic (exact) mass is 290 g/mol. The molecular formula is C20H18O2. The lowest BCUT2D eigenvalue weighted by Gasteiger charge is -2.37. The van der Waals surface area contributed by atoms with E-state index in [1.807, 2.05) is 18.2 Å². The van der Waals surface area contributed by atoms with Gasteiger partial charge in [0.1, 0.15) is 18.0 Å². The molecule has 0 aliphatic carbocycles. The molecule has 0 saturated carbocycles. The van der Waals surface area contributed by atoms with Gasteiger partial charge in [-0.3, -0.25) is 0 Å². The third-order valence-electron chi connectivity index (χ3n) is 4.35. The number of hydrogen-bond donors (Lipinski definition) is 0. The first-order valence-electron chi connectivity index (χ1n) is 7.70. The van der Waals surface area contributed by atoms with Crippen LogP contribution in [0.1, 0.15) is 17.2 Å². The maximum atomic E-state index is 6.35. The Morgan fingerprint density at radius 1 is 0.864 bits per heavy atom. The van der Waals surface area contributed by atoms with Crippen molar-refractivity contribution in [3.63, 3.8) is 0 Å². The summed E-state index contributed by atoms with van der Waals surface area (Å²) in [4.78, 5) is 0. The fourth-order valence-corrected chi connectivity index (χ4v) is 3.26. The second-order valence-electron chi connectivity index (χ2n) is 5.74. The first kappa shape index (κ1) is 13.2. The SMILES string of the molecule is C1=COC(C2Cc3ccccc3OC2c2ccccc2)C=C1. The second kappa shape index (κ2) is 5.72. The summed E-state index contributed by atoms with van der Waals surface area (Å²) in [5, 5.41) is 0. The van der Waals surface area contributed by atoms with Crippen LogP contribution in [-0.4, -0.2) is 6.10 Å². The largest absolute Gasteiger partial charge is 0.493 e. The Bertz CT molecular complexity index is 703. The highest BCUT2D eigenvalue weighted by atomic mass is 16.5. The normalized spacial score (nSPS) is 25.9. The van der Waals surface area contributed by atoms with E-state index >= 15 is 0 Å². The number of allylic oxidation sites excluding steroid dienone is 2. The first-order chi connectivity index (χ1) is 10.9. The Balaban J connectivity index is 1.72. The summed E-state index contributed by atoms with van der Waals surface area (Å²) in [6.07, 6.45) is 8.88. The van der Waals surface area contributed by atoms with Gasteiger partial charge in [-0.1, -0.05) is 54.6 Å². The van der Waals surface area contributed by atoms with Crippen molar-refractivity contribution in [2.24, 2.45) is 5.92 Å². The maximum absolute atomic E-state index is 6.35. The van der Waals surface area contributed by atoms with Crippen LogP contribution < -0.4 is 4.74 Å². The molecule has 0 N–H and O–H groups in total. The minimum absolute atomic E-state index is 0.0113. The van der Waals surface area contributed by atoms with Crippen LogP contribution in [0, 0.1) is 5.92 Å². The van der Waals surface area contributed by atoms with Crippen LogP contribution >= 0.6 is 0 Å². The van der Waals surface area contributed by atoms with E-state index in [0.29, 0.717) is 0 Å². The van der Waals surface area contributed by atoms with Gasteiger partial charge in [0, 0.05) is 5.92 Å². The third-order valence-corrected chi connectivity index (χ3v) is 4.35. The molecule has 2 aromatic carbocycles. The maximum Gasteiger partial charge on any atom is 0.131 e. The van der Waals surface area contributed by atoms with Gasteiger partial charge in [-0.05, 0) is 35.8 Å². The van der Waals surface area contributed by atoms with Crippen LogP contribution in [0.4, 0.5) is 0 Å². The molecule has 0 bridgehead atoms. The molecule has 0 aromatic heterocycles. The molecule has 2 aromatic rings. The topological polar surface area (TPSA) is 18.5 Å². The Labute approximate surface area is 130 Å². The van der Waals surface area contributed by atoms with E-state index in [1.165, 1.54) is 11.1 Å². The molecule has 0 spiro atoms. The first-order valence-corrected chi connectivity index (χ1v) is 7.70. The number of rotatable bonds is 2. The Morgan fingerprint density at radius 2 is 1.68 bits per heavy atom. The van der Waals surface area contributed by atoms with Crippen molar-refractivity contribution in [2.75, 3.05) is 0 Å². The van der Waals surface area contributed by atoms with Crippen LogP contribution in [0.2, 0.25) is 0 Å². The van der Waals surface area contributed by atoms with E-state index in [2.05, 4.69) is 54.6 Å². The molecule has 2 nitrogen and oxygen atoms in total. The molecule has 3 atom stereocenters. The molecule has 4 rings (SSSR count). The fraction of sp³-hybridized carbons (Fsp3) is 0.200. The molecule has 2 heterocycles. The summed E-state index contributed by atoms with van der Waals surface area (Å²) in [7, 11) is 0. The van der Waals surface area contributed by atoms with Crippen molar-refractivity contribution in [2.45, 2.75) is 18.6 Å². The van der Waals surface area contributed by atoms with Crippen LogP contribution in [0.15, 0.2) is 79.1 Å². The predicted molar refractivity (Wildman–Crippen MR) is 86.6 cm³/mol. The summed E-state index contributed by atoms with van der Waals surface area (Å²) >= 11 is 0. The number of hydrogen-bond acceptors (Lipinski definition) is 2. The number of fused-ring (bicyclic) bond motifs is 1. The lowest BCUT2D eigenvalue weighted by molar-refractivity contribution is 0.0261. The van der Waals surface area contributed by atoms with Gasteiger partial charge >= 0.3 is 0 Å². The van der Waals surface area contributed by atoms with Crippen molar-refractivity contribution in [3.05, 3.63) is 90.2 Å². The van der Waals surface area contributed by atoms with Crippen LogP contribution in [0.5, 0.6) is 5.75 Å². The summed E-state index contributed by atoms with van der Waals surface area (Å²) in [6, 6.07) is 18.7. The smallest absolute Gasteiger partial charge is 0.131 e. The van der Waals surface area contributed by atoms with Gasteiger partial charge in [-0.25, -0.2) is 0 Å².